The fraction of sp³-hybridized carbons (Fsp3) is 0.625. The molecule has 0 aromatic carbocycles. The second-order valence-corrected chi connectivity index (χ2v) is 9.56. The van der Waals surface area contributed by atoms with Crippen LogP contribution in [0.5, 0.6) is 0 Å². The number of nitrogens with zero attached hydrogens (tertiary/aromatic N) is 3. The highest BCUT2D eigenvalue weighted by Gasteiger charge is 2.28. The first-order valence-corrected chi connectivity index (χ1v) is 10.4. The Labute approximate surface area is 148 Å². The highest BCUT2D eigenvalue weighted by Crippen LogP contribution is 2.29. The van der Waals surface area contributed by atoms with Crippen LogP contribution in [0.3, 0.4) is 0 Å². The molecule has 0 spiro atoms. The second kappa shape index (κ2) is 7.84. The van der Waals surface area contributed by atoms with E-state index in [4.69, 9.17) is 0 Å². The lowest BCUT2D eigenvalue weighted by molar-refractivity contribution is -0.128. The van der Waals surface area contributed by atoms with Gasteiger partial charge in [-0.3, -0.25) is 4.79 Å². The van der Waals surface area contributed by atoms with Crippen molar-refractivity contribution < 1.29 is 13.2 Å². The van der Waals surface area contributed by atoms with Crippen LogP contribution >= 0.6 is 11.8 Å². The zero-order valence-electron chi connectivity index (χ0n) is 14.6. The first-order valence-electron chi connectivity index (χ1n) is 8.07. The summed E-state index contributed by atoms with van der Waals surface area (Å²) in [5.74, 6) is 0.185. The molecule has 0 saturated carbocycles. The minimum atomic E-state index is -3.44. The lowest BCUT2D eigenvalue weighted by Gasteiger charge is -2.22. The molecule has 1 aliphatic rings. The Hall–Kier alpha value is -1.12. The van der Waals surface area contributed by atoms with Gasteiger partial charge in [-0.2, -0.15) is 4.31 Å². The number of thioether (sulfide) groups is 1. The van der Waals surface area contributed by atoms with Gasteiger partial charge in [-0.25, -0.2) is 13.4 Å². The number of rotatable bonds is 6. The molecular weight excluding hydrogens is 346 g/mol. The first kappa shape index (κ1) is 19.2. The van der Waals surface area contributed by atoms with E-state index in [1.165, 1.54) is 22.3 Å². The van der Waals surface area contributed by atoms with Gasteiger partial charge in [0.25, 0.3) is 0 Å². The van der Waals surface area contributed by atoms with Gasteiger partial charge in [-0.1, -0.05) is 25.6 Å². The zero-order chi connectivity index (χ0) is 17.9. The molecular formula is C16H25N3O3S2. The molecule has 2 heterocycles. The summed E-state index contributed by atoms with van der Waals surface area (Å²) in [4.78, 5) is 18.3. The van der Waals surface area contributed by atoms with Gasteiger partial charge in [0.2, 0.25) is 15.9 Å². The van der Waals surface area contributed by atoms with Crippen LogP contribution in [0.15, 0.2) is 28.3 Å². The highest BCUT2D eigenvalue weighted by atomic mass is 32.2. The molecule has 134 valence electrons. The zero-order valence-corrected chi connectivity index (χ0v) is 16.2. The third-order valence-electron chi connectivity index (χ3n) is 3.95. The molecule has 24 heavy (non-hydrogen) atoms. The summed E-state index contributed by atoms with van der Waals surface area (Å²) in [6, 6.07) is 3.27. The maximum atomic E-state index is 12.5. The van der Waals surface area contributed by atoms with Crippen LogP contribution in [0, 0.1) is 5.92 Å². The molecule has 1 saturated heterocycles. The average molecular weight is 372 g/mol. The maximum absolute atomic E-state index is 12.5. The lowest BCUT2D eigenvalue weighted by atomic mass is 10.1. The molecule has 0 N–H and O–H groups in total. The number of carbonyl (C=O) groups excluding carboxylic acids is 1. The normalized spacial score (nSPS) is 17.2. The number of hydrogen-bond donors (Lipinski definition) is 0. The molecule has 1 aromatic rings. The summed E-state index contributed by atoms with van der Waals surface area (Å²) >= 11 is 1.37. The van der Waals surface area contributed by atoms with Crippen molar-refractivity contribution in [2.45, 2.75) is 41.9 Å². The van der Waals surface area contributed by atoms with Crippen LogP contribution in [-0.4, -0.2) is 60.9 Å². The summed E-state index contributed by atoms with van der Waals surface area (Å²) in [5, 5.41) is 0.415. The Bertz CT molecular complexity index is 666. The van der Waals surface area contributed by atoms with E-state index in [1.54, 1.807) is 31.1 Å². The summed E-state index contributed by atoms with van der Waals surface area (Å²) in [7, 11) is 0.0235. The molecule has 0 radical (unpaired) electrons. The van der Waals surface area contributed by atoms with Crippen LogP contribution in [0.4, 0.5) is 0 Å². The van der Waals surface area contributed by atoms with E-state index in [-0.39, 0.29) is 22.0 Å². The fourth-order valence-corrected chi connectivity index (χ4v) is 5.09. The Balaban J connectivity index is 2.15. The van der Waals surface area contributed by atoms with Crippen molar-refractivity contribution in [3.8, 4) is 0 Å². The van der Waals surface area contributed by atoms with Crippen LogP contribution in [-0.2, 0) is 14.8 Å². The highest BCUT2D eigenvalue weighted by molar-refractivity contribution is 8.00. The molecule has 0 aliphatic carbocycles. The van der Waals surface area contributed by atoms with Crippen molar-refractivity contribution in [1.29, 1.82) is 0 Å². The van der Waals surface area contributed by atoms with Gasteiger partial charge in [0.15, 0.2) is 0 Å². The number of hydrogen-bond acceptors (Lipinski definition) is 5. The molecule has 6 nitrogen and oxygen atoms in total. The van der Waals surface area contributed by atoms with Crippen LogP contribution < -0.4 is 0 Å². The summed E-state index contributed by atoms with van der Waals surface area (Å²) < 4.78 is 26.5. The van der Waals surface area contributed by atoms with E-state index in [0.29, 0.717) is 18.1 Å². The SMILES string of the molecule is CC(C)[C@@H](Sc1ccc(S(=O)(=O)N2CCCC2)cn1)C(=O)N(C)C. The largest absolute Gasteiger partial charge is 0.348 e. The van der Waals surface area contributed by atoms with E-state index in [1.807, 2.05) is 13.8 Å². The molecule has 2 rings (SSSR count). The Morgan fingerprint density at radius 1 is 1.25 bits per heavy atom. The average Bonchev–Trinajstić information content (AvgIpc) is 3.07. The number of carbonyl (C=O) groups is 1. The summed E-state index contributed by atoms with van der Waals surface area (Å²) in [6.45, 7) is 5.13. The van der Waals surface area contributed by atoms with Crippen molar-refractivity contribution >= 4 is 27.7 Å². The third-order valence-corrected chi connectivity index (χ3v) is 7.31. The summed E-state index contributed by atoms with van der Waals surface area (Å²) in [6.07, 6.45) is 3.21. The van der Waals surface area contributed by atoms with Gasteiger partial charge in [0.05, 0.1) is 10.3 Å². The molecule has 1 amide bonds. The predicted octanol–water partition coefficient (Wildman–Crippen LogP) is 2.07. The minimum absolute atomic E-state index is 0.0329. The Morgan fingerprint density at radius 2 is 1.88 bits per heavy atom. The standard InChI is InChI=1S/C16H25N3O3S2/c1-12(2)15(16(20)18(3)4)23-14-8-7-13(11-17-14)24(21,22)19-9-5-6-10-19/h7-8,11-12,15H,5-6,9-10H2,1-4H3/t15-/m1/s1. The van der Waals surface area contributed by atoms with E-state index < -0.39 is 10.0 Å². The lowest BCUT2D eigenvalue weighted by Crippen LogP contribution is -2.34. The van der Waals surface area contributed by atoms with Crippen molar-refractivity contribution in [1.82, 2.24) is 14.2 Å². The number of sulfonamides is 1. The molecule has 1 aromatic heterocycles. The van der Waals surface area contributed by atoms with Gasteiger partial charge in [-0.15, -0.1) is 0 Å². The molecule has 0 bridgehead atoms. The fourth-order valence-electron chi connectivity index (χ4n) is 2.52. The van der Waals surface area contributed by atoms with Gasteiger partial charge >= 0.3 is 0 Å². The van der Waals surface area contributed by atoms with Crippen LogP contribution in [0.1, 0.15) is 26.7 Å². The molecule has 1 aliphatic heterocycles. The van der Waals surface area contributed by atoms with Crippen molar-refractivity contribution in [2.75, 3.05) is 27.2 Å². The quantitative estimate of drug-likeness (QED) is 0.716. The minimum Gasteiger partial charge on any atom is -0.348 e. The third kappa shape index (κ3) is 4.29. The predicted molar refractivity (Wildman–Crippen MR) is 95.4 cm³/mol. The molecule has 1 atom stereocenters. The second-order valence-electron chi connectivity index (χ2n) is 6.46. The maximum Gasteiger partial charge on any atom is 0.244 e. The Morgan fingerprint density at radius 3 is 2.33 bits per heavy atom. The first-order chi connectivity index (χ1) is 11.2. The molecule has 1 fully saturated rings. The van der Waals surface area contributed by atoms with Gasteiger partial charge in [-0.05, 0) is 30.9 Å². The number of amides is 1. The van der Waals surface area contributed by atoms with Crippen LogP contribution in [0.25, 0.3) is 0 Å². The van der Waals surface area contributed by atoms with Crippen LogP contribution in [0.2, 0.25) is 0 Å². The van der Waals surface area contributed by atoms with E-state index >= 15 is 0 Å². The van der Waals surface area contributed by atoms with Crippen molar-refractivity contribution in [3.05, 3.63) is 18.3 Å². The summed E-state index contributed by atoms with van der Waals surface area (Å²) in [5.41, 5.74) is 0. The van der Waals surface area contributed by atoms with E-state index in [0.717, 1.165) is 12.8 Å². The number of pyridine rings is 1. The van der Waals surface area contributed by atoms with Gasteiger partial charge < -0.3 is 4.90 Å². The Kier molecular flexibility index (Phi) is 6.28. The smallest absolute Gasteiger partial charge is 0.244 e. The van der Waals surface area contributed by atoms with Gasteiger partial charge in [0.1, 0.15) is 4.90 Å². The topological polar surface area (TPSA) is 70.6 Å². The molecule has 8 heteroatoms. The molecule has 0 unspecified atom stereocenters. The van der Waals surface area contributed by atoms with Crippen molar-refractivity contribution in [2.24, 2.45) is 5.92 Å². The van der Waals surface area contributed by atoms with E-state index in [2.05, 4.69) is 4.98 Å². The van der Waals surface area contributed by atoms with Gasteiger partial charge in [0, 0.05) is 33.4 Å². The monoisotopic (exact) mass is 371 g/mol. The van der Waals surface area contributed by atoms with E-state index in [9.17, 15) is 13.2 Å². The van der Waals surface area contributed by atoms with Crippen molar-refractivity contribution in [3.63, 3.8) is 0 Å². The number of aromatic nitrogens is 1.